The highest BCUT2D eigenvalue weighted by Gasteiger charge is 2.33. The van der Waals surface area contributed by atoms with Crippen LogP contribution in [0.15, 0.2) is 40.8 Å². The quantitative estimate of drug-likeness (QED) is 0.164. The highest BCUT2D eigenvalue weighted by atomic mass is 32.2. The van der Waals surface area contributed by atoms with E-state index < -0.39 is 29.6 Å². The standard InChI is InChI=1S/C24H29F3N8O3S/c1-14-10-31-21(8-17(14)24(25,26)27)35-23(38)19(11-28-4)39-12-15(2)34-22(37)18-9-20(33-13-32-18)30-7-5-6-29-16(3)36/h8-11,13,15H,4-7,12H2,1-3H3,(H,29,36)(H,34,37)(H,30,32,33)(H,31,35,38)/b19-11-. The first-order valence-electron chi connectivity index (χ1n) is 11.7. The van der Waals surface area contributed by atoms with E-state index >= 15 is 0 Å². The molecule has 0 aliphatic rings. The molecule has 2 aromatic rings. The van der Waals surface area contributed by atoms with Crippen LogP contribution in [0.1, 0.15) is 41.9 Å². The molecule has 0 aliphatic heterocycles. The monoisotopic (exact) mass is 566 g/mol. The average Bonchev–Trinajstić information content (AvgIpc) is 2.86. The third-order valence-electron chi connectivity index (χ3n) is 4.88. The van der Waals surface area contributed by atoms with Gasteiger partial charge in [-0.1, -0.05) is 0 Å². The van der Waals surface area contributed by atoms with Gasteiger partial charge in [-0.2, -0.15) is 13.2 Å². The smallest absolute Gasteiger partial charge is 0.370 e. The molecule has 0 radical (unpaired) electrons. The van der Waals surface area contributed by atoms with Crippen molar-refractivity contribution in [2.45, 2.75) is 39.4 Å². The second-order valence-electron chi connectivity index (χ2n) is 8.25. The van der Waals surface area contributed by atoms with Gasteiger partial charge in [0.1, 0.15) is 23.7 Å². The lowest BCUT2D eigenvalue weighted by Crippen LogP contribution is -2.35. The molecule has 2 rings (SSSR count). The number of thioether (sulfide) groups is 1. The van der Waals surface area contributed by atoms with Crippen molar-refractivity contribution < 1.29 is 27.6 Å². The number of halogens is 3. The molecule has 0 aliphatic carbocycles. The third-order valence-corrected chi connectivity index (χ3v) is 6.15. The lowest BCUT2D eigenvalue weighted by atomic mass is 10.1. The van der Waals surface area contributed by atoms with Crippen LogP contribution in [0.3, 0.4) is 0 Å². The second kappa shape index (κ2) is 14.8. The molecule has 2 heterocycles. The van der Waals surface area contributed by atoms with E-state index in [4.69, 9.17) is 0 Å². The molecule has 11 nitrogen and oxygen atoms in total. The van der Waals surface area contributed by atoms with E-state index in [1.54, 1.807) is 6.92 Å². The van der Waals surface area contributed by atoms with Crippen molar-refractivity contribution in [1.82, 2.24) is 25.6 Å². The number of carbonyl (C=O) groups excluding carboxylic acids is 3. The number of nitrogens with one attached hydrogen (secondary N) is 4. The molecular formula is C24H29F3N8O3S. The first-order valence-corrected chi connectivity index (χ1v) is 12.6. The van der Waals surface area contributed by atoms with Crippen LogP contribution in [-0.4, -0.2) is 64.3 Å². The number of anilines is 2. The molecule has 4 N–H and O–H groups in total. The number of rotatable bonds is 13. The Hall–Kier alpha value is -4.01. The van der Waals surface area contributed by atoms with Crippen LogP contribution in [0.25, 0.3) is 0 Å². The maximum absolute atomic E-state index is 13.2. The van der Waals surface area contributed by atoms with Crippen molar-refractivity contribution in [3.63, 3.8) is 0 Å². The Labute approximate surface area is 227 Å². The summed E-state index contributed by atoms with van der Waals surface area (Å²) >= 11 is 1.03. The number of aromatic nitrogens is 3. The van der Waals surface area contributed by atoms with E-state index in [-0.39, 0.29) is 33.6 Å². The molecule has 39 heavy (non-hydrogen) atoms. The summed E-state index contributed by atoms with van der Waals surface area (Å²) in [7, 11) is 0. The van der Waals surface area contributed by atoms with Crippen LogP contribution < -0.4 is 21.3 Å². The van der Waals surface area contributed by atoms with Gasteiger partial charge in [-0.15, -0.1) is 11.8 Å². The van der Waals surface area contributed by atoms with Gasteiger partial charge in [0.2, 0.25) is 5.91 Å². The molecule has 0 saturated heterocycles. The summed E-state index contributed by atoms with van der Waals surface area (Å²) < 4.78 is 39.5. The van der Waals surface area contributed by atoms with Gasteiger partial charge in [0.15, 0.2) is 0 Å². The number of pyridine rings is 1. The number of hydrogen-bond acceptors (Lipinski definition) is 9. The minimum atomic E-state index is -4.59. The molecule has 0 bridgehead atoms. The number of aliphatic imine (C=N–C) groups is 1. The van der Waals surface area contributed by atoms with Gasteiger partial charge in [0.25, 0.3) is 11.8 Å². The summed E-state index contributed by atoms with van der Waals surface area (Å²) in [6.07, 6.45) is -0.495. The predicted octanol–water partition coefficient (Wildman–Crippen LogP) is 3.17. The Bertz CT molecular complexity index is 1220. The third kappa shape index (κ3) is 10.7. The van der Waals surface area contributed by atoms with Gasteiger partial charge in [0, 0.05) is 50.3 Å². The highest BCUT2D eigenvalue weighted by molar-refractivity contribution is 8.04. The minimum Gasteiger partial charge on any atom is -0.370 e. The van der Waals surface area contributed by atoms with Crippen molar-refractivity contribution in [1.29, 1.82) is 0 Å². The fraction of sp³-hybridized carbons (Fsp3) is 0.375. The van der Waals surface area contributed by atoms with Crippen molar-refractivity contribution >= 4 is 47.8 Å². The van der Waals surface area contributed by atoms with Crippen LogP contribution >= 0.6 is 11.8 Å². The SMILES string of the molecule is C=N/C=C(\SCC(C)NC(=O)c1cc(NCCCNC(C)=O)ncn1)C(=O)Nc1cc(C(F)(F)F)c(C)cn1. The van der Waals surface area contributed by atoms with E-state index in [1.807, 2.05) is 0 Å². The zero-order chi connectivity index (χ0) is 29.0. The number of carbonyl (C=O) groups is 3. The Morgan fingerprint density at radius 2 is 1.90 bits per heavy atom. The number of aryl methyl sites for hydroxylation is 1. The molecule has 1 unspecified atom stereocenters. The Balaban J connectivity index is 1.92. The summed E-state index contributed by atoms with van der Waals surface area (Å²) in [4.78, 5) is 51.7. The molecule has 0 aromatic carbocycles. The molecule has 0 saturated carbocycles. The number of hydrogen-bond donors (Lipinski definition) is 4. The van der Waals surface area contributed by atoms with Gasteiger partial charge in [-0.05, 0) is 38.6 Å². The molecule has 210 valence electrons. The largest absolute Gasteiger partial charge is 0.416 e. The molecule has 3 amide bonds. The van der Waals surface area contributed by atoms with Crippen molar-refractivity contribution in [3.05, 3.63) is 52.6 Å². The van der Waals surface area contributed by atoms with E-state index in [0.717, 1.165) is 24.0 Å². The summed E-state index contributed by atoms with van der Waals surface area (Å²) in [5.74, 6) is -0.896. The van der Waals surface area contributed by atoms with Gasteiger partial charge in [-0.25, -0.2) is 15.0 Å². The summed E-state index contributed by atoms with van der Waals surface area (Å²) in [5, 5.41) is 10.8. The lowest BCUT2D eigenvalue weighted by Gasteiger charge is -2.15. The van der Waals surface area contributed by atoms with Crippen molar-refractivity contribution in [3.8, 4) is 0 Å². The second-order valence-corrected chi connectivity index (χ2v) is 9.31. The predicted molar refractivity (Wildman–Crippen MR) is 143 cm³/mol. The fourth-order valence-electron chi connectivity index (χ4n) is 3.02. The minimum absolute atomic E-state index is 0.0646. The molecular weight excluding hydrogens is 537 g/mol. The van der Waals surface area contributed by atoms with E-state index in [9.17, 15) is 27.6 Å². The van der Waals surface area contributed by atoms with Crippen molar-refractivity contribution in [2.24, 2.45) is 4.99 Å². The lowest BCUT2D eigenvalue weighted by molar-refractivity contribution is -0.138. The number of alkyl halides is 3. The Morgan fingerprint density at radius 1 is 1.15 bits per heavy atom. The number of nitrogens with zero attached hydrogens (tertiary/aromatic N) is 4. The topological polar surface area (TPSA) is 150 Å². The Kier molecular flexibility index (Phi) is 11.8. The fourth-order valence-corrected chi connectivity index (χ4v) is 3.87. The van der Waals surface area contributed by atoms with Crippen LogP contribution in [0.5, 0.6) is 0 Å². The van der Waals surface area contributed by atoms with Crippen LogP contribution in [0, 0.1) is 6.92 Å². The van der Waals surface area contributed by atoms with Crippen LogP contribution in [0.2, 0.25) is 0 Å². The molecule has 1 atom stereocenters. The van der Waals surface area contributed by atoms with Crippen LogP contribution in [-0.2, 0) is 15.8 Å². The van der Waals surface area contributed by atoms with Gasteiger partial charge in [0.05, 0.1) is 10.5 Å². The Morgan fingerprint density at radius 3 is 2.56 bits per heavy atom. The van der Waals surface area contributed by atoms with Gasteiger partial charge in [-0.3, -0.25) is 19.4 Å². The highest BCUT2D eigenvalue weighted by Crippen LogP contribution is 2.32. The first kappa shape index (κ1) is 31.2. The molecule has 0 fully saturated rings. The normalized spacial score (nSPS) is 12.3. The van der Waals surface area contributed by atoms with E-state index in [1.165, 1.54) is 32.4 Å². The van der Waals surface area contributed by atoms with Gasteiger partial charge >= 0.3 is 6.18 Å². The average molecular weight is 567 g/mol. The number of amides is 3. The molecule has 15 heteroatoms. The zero-order valence-electron chi connectivity index (χ0n) is 21.6. The van der Waals surface area contributed by atoms with Crippen molar-refractivity contribution in [2.75, 3.05) is 29.5 Å². The van der Waals surface area contributed by atoms with E-state index in [2.05, 4.69) is 47.9 Å². The van der Waals surface area contributed by atoms with Crippen LogP contribution in [0.4, 0.5) is 24.8 Å². The molecule has 0 spiro atoms. The maximum atomic E-state index is 13.2. The van der Waals surface area contributed by atoms with Gasteiger partial charge < -0.3 is 21.3 Å². The van der Waals surface area contributed by atoms with E-state index in [0.29, 0.717) is 25.3 Å². The first-order chi connectivity index (χ1) is 18.4. The summed E-state index contributed by atoms with van der Waals surface area (Å²) in [6.45, 7) is 8.76. The summed E-state index contributed by atoms with van der Waals surface area (Å²) in [6, 6.07) is 1.81. The zero-order valence-corrected chi connectivity index (χ0v) is 22.4. The maximum Gasteiger partial charge on any atom is 0.416 e. The molecule has 2 aromatic heterocycles. The summed E-state index contributed by atoms with van der Waals surface area (Å²) in [5.41, 5.74) is -0.854.